The molecular weight excluding hydrogens is 620 g/mol. The highest BCUT2D eigenvalue weighted by atomic mass is 79.9. The molecule has 0 bridgehead atoms. The molecular formula is C24H33BrN2O14. The van der Waals surface area contributed by atoms with Gasteiger partial charge in [-0.3, -0.25) is 9.59 Å². The molecule has 41 heavy (non-hydrogen) atoms. The van der Waals surface area contributed by atoms with Crippen LogP contribution in [0.1, 0.15) is 20.3 Å². The van der Waals surface area contributed by atoms with Crippen LogP contribution in [0.2, 0.25) is 0 Å². The van der Waals surface area contributed by atoms with Crippen molar-refractivity contribution in [3.05, 3.63) is 28.9 Å². The summed E-state index contributed by atoms with van der Waals surface area (Å²) >= 11 is 3.33. The van der Waals surface area contributed by atoms with Crippen LogP contribution in [0.5, 0.6) is 5.75 Å². The van der Waals surface area contributed by atoms with Crippen molar-refractivity contribution in [2.24, 2.45) is 0 Å². The molecule has 1 fully saturated rings. The Morgan fingerprint density at radius 2 is 1.90 bits per heavy atom. The molecule has 17 heteroatoms. The topological polar surface area (TPSA) is 247 Å². The van der Waals surface area contributed by atoms with Crippen molar-refractivity contribution in [1.29, 1.82) is 0 Å². The lowest BCUT2D eigenvalue weighted by molar-refractivity contribution is -0.402. The number of benzene rings is 1. The van der Waals surface area contributed by atoms with Crippen molar-refractivity contribution in [1.82, 2.24) is 10.3 Å². The lowest BCUT2D eigenvalue weighted by Crippen LogP contribution is -2.76. The minimum Gasteiger partial charge on any atom is -0.506 e. The van der Waals surface area contributed by atoms with E-state index in [0.29, 0.717) is 5.75 Å². The van der Waals surface area contributed by atoms with Gasteiger partial charge in [0.1, 0.15) is 24.0 Å². The standard InChI is InChI=1S/C16H27NO13.C8H6BrNO/c1-8(19)17-11-12(16(25,27-4)10(21)5-18)30-15(24,6-14(11,23)26-3)13(22)29-7-28-9(2)20;9-5-1-2-7-6(3-5)8(11)4-10-7/h10-12,18,21,23-25H,5-7H2,1-4H3,(H,17,19);1-4,10-11H/t10-,11+,12-,14-,15?,16+;/m1./s1. The second-order valence-corrected chi connectivity index (χ2v) is 9.85. The molecule has 1 aliphatic rings. The van der Waals surface area contributed by atoms with Gasteiger partial charge in [0, 0.05) is 49.6 Å². The van der Waals surface area contributed by atoms with E-state index in [4.69, 9.17) is 14.2 Å². The van der Waals surface area contributed by atoms with Crippen LogP contribution in [0.15, 0.2) is 28.9 Å². The summed E-state index contributed by atoms with van der Waals surface area (Å²) in [6.45, 7) is 0.110. The van der Waals surface area contributed by atoms with E-state index in [0.717, 1.165) is 43.4 Å². The summed E-state index contributed by atoms with van der Waals surface area (Å²) in [4.78, 5) is 37.7. The van der Waals surface area contributed by atoms with E-state index in [2.05, 4.69) is 35.7 Å². The molecule has 8 N–H and O–H groups in total. The van der Waals surface area contributed by atoms with E-state index < -0.39 is 73.3 Å². The molecule has 1 amide bonds. The van der Waals surface area contributed by atoms with Crippen LogP contribution in [-0.2, 0) is 38.1 Å². The minimum atomic E-state index is -3.02. The van der Waals surface area contributed by atoms with E-state index in [1.54, 1.807) is 6.20 Å². The average Bonchev–Trinajstić information content (AvgIpc) is 3.28. The van der Waals surface area contributed by atoms with E-state index in [9.17, 15) is 45.0 Å². The highest BCUT2D eigenvalue weighted by Gasteiger charge is 2.66. The number of esters is 2. The minimum absolute atomic E-state index is 0.293. The Kier molecular flexibility index (Phi) is 11.6. The zero-order valence-electron chi connectivity index (χ0n) is 22.5. The molecule has 1 aromatic heterocycles. The molecule has 1 saturated heterocycles. The lowest BCUT2D eigenvalue weighted by Gasteiger charge is -2.52. The highest BCUT2D eigenvalue weighted by molar-refractivity contribution is 9.10. The summed E-state index contributed by atoms with van der Waals surface area (Å²) in [6.07, 6.45) is -3.62. The number of hydrogen-bond donors (Lipinski definition) is 8. The number of aromatic amines is 1. The summed E-state index contributed by atoms with van der Waals surface area (Å²) in [5.41, 5.74) is 0.950. The number of aromatic nitrogens is 1. The summed E-state index contributed by atoms with van der Waals surface area (Å²) in [5.74, 6) is -11.2. The molecule has 2 aromatic rings. The molecule has 3 rings (SSSR count). The fourth-order valence-electron chi connectivity index (χ4n) is 3.99. The Balaban J connectivity index is 0.000000438. The number of aliphatic hydroxyl groups excluding tert-OH is 2. The van der Waals surface area contributed by atoms with Crippen molar-refractivity contribution in [3.8, 4) is 5.75 Å². The number of H-pyrrole nitrogens is 1. The van der Waals surface area contributed by atoms with Crippen LogP contribution in [0.4, 0.5) is 0 Å². The Bertz CT molecular complexity index is 1230. The first kappa shape index (κ1) is 34.3. The van der Waals surface area contributed by atoms with Gasteiger partial charge in [0.25, 0.3) is 5.79 Å². The molecule has 16 nitrogen and oxygen atoms in total. The number of carbonyl (C=O) groups excluding carboxylic acids is 3. The Morgan fingerprint density at radius 1 is 1.24 bits per heavy atom. The lowest BCUT2D eigenvalue weighted by atomic mass is 9.83. The average molecular weight is 653 g/mol. The third-order valence-corrected chi connectivity index (χ3v) is 6.59. The molecule has 2 heterocycles. The Labute approximate surface area is 241 Å². The molecule has 0 aliphatic carbocycles. The molecule has 1 unspecified atom stereocenters. The Morgan fingerprint density at radius 3 is 2.44 bits per heavy atom. The van der Waals surface area contributed by atoms with Gasteiger partial charge in [-0.2, -0.15) is 0 Å². The first-order valence-electron chi connectivity index (χ1n) is 11.8. The molecule has 0 radical (unpaired) electrons. The van der Waals surface area contributed by atoms with Crippen LogP contribution in [-0.4, -0.2) is 117 Å². The predicted molar refractivity (Wildman–Crippen MR) is 139 cm³/mol. The van der Waals surface area contributed by atoms with Gasteiger partial charge in [-0.25, -0.2) is 4.79 Å². The molecule has 230 valence electrons. The van der Waals surface area contributed by atoms with Gasteiger partial charge in [0.15, 0.2) is 5.79 Å². The summed E-state index contributed by atoms with van der Waals surface area (Å²) < 4.78 is 25.0. The largest absolute Gasteiger partial charge is 0.506 e. The third kappa shape index (κ3) is 7.91. The molecule has 0 saturated carbocycles. The van der Waals surface area contributed by atoms with Crippen molar-refractivity contribution in [2.45, 2.75) is 55.9 Å². The van der Waals surface area contributed by atoms with E-state index in [1.165, 1.54) is 0 Å². The molecule has 0 spiro atoms. The van der Waals surface area contributed by atoms with Crippen molar-refractivity contribution < 1.29 is 68.7 Å². The maximum atomic E-state index is 12.4. The number of rotatable bonds is 9. The number of halogens is 1. The first-order chi connectivity index (χ1) is 19.1. The van der Waals surface area contributed by atoms with Gasteiger partial charge in [-0.15, -0.1) is 0 Å². The number of aromatic hydroxyl groups is 1. The van der Waals surface area contributed by atoms with Crippen molar-refractivity contribution >= 4 is 44.7 Å². The third-order valence-electron chi connectivity index (χ3n) is 6.09. The summed E-state index contributed by atoms with van der Waals surface area (Å²) in [7, 11) is 1.86. The molecule has 1 aliphatic heterocycles. The number of methoxy groups -OCH3 is 2. The number of fused-ring (bicyclic) bond motifs is 1. The fourth-order valence-corrected chi connectivity index (χ4v) is 4.35. The number of carbonyl (C=O) groups is 3. The van der Waals surface area contributed by atoms with E-state index in [1.807, 2.05) is 18.2 Å². The second-order valence-electron chi connectivity index (χ2n) is 8.93. The number of nitrogens with one attached hydrogen (secondary N) is 2. The monoisotopic (exact) mass is 652 g/mol. The van der Waals surface area contributed by atoms with Gasteiger partial charge < -0.3 is 64.6 Å². The normalized spacial score (nSPS) is 26.2. The smallest absolute Gasteiger partial charge is 0.369 e. The van der Waals surface area contributed by atoms with Crippen molar-refractivity contribution in [2.75, 3.05) is 27.6 Å². The van der Waals surface area contributed by atoms with Crippen molar-refractivity contribution in [3.63, 3.8) is 0 Å². The summed E-state index contributed by atoms with van der Waals surface area (Å²) in [5, 5.41) is 64.0. The van der Waals surface area contributed by atoms with Gasteiger partial charge in [-0.1, -0.05) is 15.9 Å². The Hall–Kier alpha value is -2.87. The van der Waals surface area contributed by atoms with Gasteiger partial charge in [0.05, 0.1) is 13.0 Å². The van der Waals surface area contributed by atoms with Crippen LogP contribution in [0.25, 0.3) is 10.9 Å². The van der Waals surface area contributed by atoms with Crippen LogP contribution < -0.4 is 5.32 Å². The number of aliphatic hydroxyl groups is 5. The van der Waals surface area contributed by atoms with Crippen LogP contribution in [0.3, 0.4) is 0 Å². The van der Waals surface area contributed by atoms with Gasteiger partial charge >= 0.3 is 11.9 Å². The molecule has 1 aromatic carbocycles. The van der Waals surface area contributed by atoms with E-state index in [-0.39, 0.29) is 0 Å². The zero-order chi connectivity index (χ0) is 31.2. The fraction of sp³-hybridized carbons (Fsp3) is 0.542. The molecule has 6 atom stereocenters. The predicted octanol–water partition coefficient (Wildman–Crippen LogP) is -1.31. The quantitative estimate of drug-likeness (QED) is 0.116. The zero-order valence-corrected chi connectivity index (χ0v) is 24.1. The van der Waals surface area contributed by atoms with Crippen LogP contribution >= 0.6 is 15.9 Å². The number of ether oxygens (including phenoxy) is 5. The van der Waals surface area contributed by atoms with E-state index >= 15 is 0 Å². The SMILES string of the molecule is CO[C@@](O)([C@H](O)CO)[C@@H]1OC(O)(C(=O)OCOC(C)=O)C[C@@](O)(OC)[C@H]1NC(C)=O.Oc1c[nH]c2ccc(Br)cc12. The summed E-state index contributed by atoms with van der Waals surface area (Å²) in [6, 6.07) is 4.01. The maximum absolute atomic E-state index is 12.4. The first-order valence-corrected chi connectivity index (χ1v) is 12.6. The number of hydrogen-bond acceptors (Lipinski definition) is 14. The highest BCUT2D eigenvalue weighted by Crippen LogP contribution is 2.41. The van der Waals surface area contributed by atoms with Gasteiger partial charge in [0.2, 0.25) is 18.5 Å². The van der Waals surface area contributed by atoms with Crippen LogP contribution in [0, 0.1) is 0 Å². The second kappa shape index (κ2) is 13.9. The maximum Gasteiger partial charge on any atom is 0.369 e. The van der Waals surface area contributed by atoms with Gasteiger partial charge in [-0.05, 0) is 18.2 Å². The number of amides is 1.